The highest BCUT2D eigenvalue weighted by Gasteiger charge is 2.29. The van der Waals surface area contributed by atoms with Crippen molar-refractivity contribution in [1.82, 2.24) is 4.98 Å². The summed E-state index contributed by atoms with van der Waals surface area (Å²) < 4.78 is 77.9. The molecule has 166 valence electrons. The Bertz CT molecular complexity index is 1580. The third-order valence-electron chi connectivity index (χ3n) is 5.76. The van der Waals surface area contributed by atoms with Crippen molar-refractivity contribution in [3.8, 4) is 22.4 Å². The van der Waals surface area contributed by atoms with Gasteiger partial charge >= 0.3 is 0 Å². The monoisotopic (exact) mass is 455 g/mol. The van der Waals surface area contributed by atoms with Crippen molar-refractivity contribution in [3.63, 3.8) is 0 Å². The van der Waals surface area contributed by atoms with Crippen LogP contribution >= 0.6 is 0 Å². The van der Waals surface area contributed by atoms with E-state index < -0.39 is 34.6 Å². The summed E-state index contributed by atoms with van der Waals surface area (Å²) in [6.45, 7) is 3.68. The number of hydrogen-bond acceptors (Lipinski definition) is 2. The van der Waals surface area contributed by atoms with Crippen LogP contribution < -0.4 is 4.57 Å². The first-order valence-electron chi connectivity index (χ1n) is 10.0. The van der Waals surface area contributed by atoms with E-state index >= 15 is 0 Å². The third kappa shape index (κ3) is 3.08. The highest BCUT2D eigenvalue weighted by atomic mass is 19.2. The molecule has 0 aliphatic rings. The molecule has 5 rings (SSSR count). The zero-order valence-electron chi connectivity index (χ0n) is 17.7. The Labute approximate surface area is 184 Å². The van der Waals surface area contributed by atoms with E-state index in [2.05, 4.69) is 4.98 Å². The Morgan fingerprint density at radius 2 is 1.39 bits per heavy atom. The number of pyridine rings is 2. The topological polar surface area (TPSA) is 29.9 Å². The maximum absolute atomic E-state index is 14.5. The second-order valence-corrected chi connectivity index (χ2v) is 7.90. The summed E-state index contributed by atoms with van der Waals surface area (Å²) in [4.78, 5) is 4.42. The molecule has 2 aromatic carbocycles. The van der Waals surface area contributed by atoms with Gasteiger partial charge in [0.05, 0.1) is 11.1 Å². The van der Waals surface area contributed by atoms with E-state index in [0.29, 0.717) is 22.6 Å². The number of fused-ring (bicyclic) bond motifs is 3. The van der Waals surface area contributed by atoms with Crippen LogP contribution in [0.3, 0.4) is 0 Å². The Kier molecular flexibility index (Phi) is 4.70. The molecule has 33 heavy (non-hydrogen) atoms. The van der Waals surface area contributed by atoms with E-state index in [9.17, 15) is 22.0 Å². The maximum Gasteiger partial charge on any atom is 0.227 e. The number of halogens is 5. The fraction of sp³-hybridized carbons (Fsp3) is 0.120. The van der Waals surface area contributed by atoms with Crippen LogP contribution in [0.5, 0.6) is 0 Å². The summed E-state index contributed by atoms with van der Waals surface area (Å²) in [5, 5.41) is 1.59. The molecule has 0 bridgehead atoms. The van der Waals surface area contributed by atoms with Crippen molar-refractivity contribution in [2.24, 2.45) is 7.05 Å². The smallest absolute Gasteiger partial charge is 0.227 e. The summed E-state index contributed by atoms with van der Waals surface area (Å²) >= 11 is 0. The molecule has 5 aromatic rings. The van der Waals surface area contributed by atoms with Crippen LogP contribution in [0.25, 0.3) is 44.5 Å². The normalized spacial score (nSPS) is 11.6. The van der Waals surface area contributed by atoms with Crippen LogP contribution in [0.15, 0.2) is 47.0 Å². The maximum atomic E-state index is 14.5. The SMILES string of the molecule is Cc1ccc2c(n1)oc1c(-c3cc(-c4c(F)c(F)c(F)c(F)c4F)cc[n+]3C)c(C)ccc12. The minimum absolute atomic E-state index is 0.155. The third-order valence-corrected chi connectivity index (χ3v) is 5.76. The first kappa shape index (κ1) is 21.1. The molecule has 0 saturated carbocycles. The number of nitrogens with zero attached hydrogens (tertiary/aromatic N) is 2. The first-order valence-corrected chi connectivity index (χ1v) is 10.0. The quantitative estimate of drug-likeness (QED) is 0.133. The van der Waals surface area contributed by atoms with Crippen molar-refractivity contribution >= 4 is 22.1 Å². The van der Waals surface area contributed by atoms with Crippen molar-refractivity contribution in [2.75, 3.05) is 0 Å². The van der Waals surface area contributed by atoms with Crippen LogP contribution in [0.4, 0.5) is 22.0 Å². The van der Waals surface area contributed by atoms with Gasteiger partial charge in [0.15, 0.2) is 35.0 Å². The van der Waals surface area contributed by atoms with Crippen molar-refractivity contribution in [2.45, 2.75) is 13.8 Å². The highest BCUT2D eigenvalue weighted by molar-refractivity contribution is 6.08. The lowest BCUT2D eigenvalue weighted by atomic mass is 9.97. The molecule has 3 heterocycles. The van der Waals surface area contributed by atoms with Gasteiger partial charge in [0.1, 0.15) is 7.05 Å². The van der Waals surface area contributed by atoms with E-state index in [1.165, 1.54) is 18.3 Å². The fourth-order valence-electron chi connectivity index (χ4n) is 4.06. The second-order valence-electron chi connectivity index (χ2n) is 7.90. The highest BCUT2D eigenvalue weighted by Crippen LogP contribution is 2.38. The van der Waals surface area contributed by atoms with Gasteiger partial charge < -0.3 is 4.42 Å². The molecule has 0 spiro atoms. The van der Waals surface area contributed by atoms with Crippen LogP contribution in [-0.4, -0.2) is 4.98 Å². The Morgan fingerprint density at radius 1 is 0.758 bits per heavy atom. The zero-order chi connectivity index (χ0) is 23.6. The summed E-state index contributed by atoms with van der Waals surface area (Å²) in [6.07, 6.45) is 1.49. The molecule has 0 saturated heterocycles. The summed E-state index contributed by atoms with van der Waals surface area (Å²) in [6, 6.07) is 10.2. The first-order chi connectivity index (χ1) is 15.7. The number of aromatic nitrogens is 2. The molecule has 0 unspecified atom stereocenters. The van der Waals surface area contributed by atoms with Gasteiger partial charge in [-0.3, -0.25) is 0 Å². The molecule has 3 nitrogen and oxygen atoms in total. The van der Waals surface area contributed by atoms with E-state index in [-0.39, 0.29) is 5.56 Å². The molecule has 0 aliphatic carbocycles. The molecule has 3 aromatic heterocycles. The van der Waals surface area contributed by atoms with Gasteiger partial charge in [-0.1, -0.05) is 12.1 Å². The average molecular weight is 455 g/mol. The number of rotatable bonds is 2. The molecule has 0 aliphatic heterocycles. The van der Waals surface area contributed by atoms with Gasteiger partial charge in [-0.25, -0.2) is 31.5 Å². The van der Waals surface area contributed by atoms with Crippen molar-refractivity contribution < 1.29 is 30.9 Å². The lowest BCUT2D eigenvalue weighted by Crippen LogP contribution is -2.30. The van der Waals surface area contributed by atoms with Gasteiger partial charge in [-0.2, -0.15) is 0 Å². The van der Waals surface area contributed by atoms with Crippen molar-refractivity contribution in [1.29, 1.82) is 0 Å². The van der Waals surface area contributed by atoms with Gasteiger partial charge in [0, 0.05) is 34.2 Å². The van der Waals surface area contributed by atoms with Gasteiger partial charge in [-0.05, 0) is 31.5 Å². The summed E-state index contributed by atoms with van der Waals surface area (Å²) in [5.41, 5.74) is 2.47. The Morgan fingerprint density at radius 3 is 2.09 bits per heavy atom. The molecule has 0 amide bonds. The molecule has 0 radical (unpaired) electrons. The molecular formula is C25H16F5N2O+. The number of benzene rings is 2. The summed E-state index contributed by atoms with van der Waals surface area (Å²) in [7, 11) is 1.71. The van der Waals surface area contributed by atoms with Gasteiger partial charge in [0.25, 0.3) is 0 Å². The van der Waals surface area contributed by atoms with Crippen molar-refractivity contribution in [3.05, 3.63) is 82.9 Å². The molecule has 0 fully saturated rings. The molecule has 0 N–H and O–H groups in total. The van der Waals surface area contributed by atoms with Crippen LogP contribution in [-0.2, 0) is 7.05 Å². The van der Waals surface area contributed by atoms with Crippen LogP contribution in [0.2, 0.25) is 0 Å². The number of aryl methyl sites for hydroxylation is 3. The lowest BCUT2D eigenvalue weighted by molar-refractivity contribution is -0.660. The average Bonchev–Trinajstić information content (AvgIpc) is 3.15. The van der Waals surface area contributed by atoms with Gasteiger partial charge in [0.2, 0.25) is 17.2 Å². The Hall–Kier alpha value is -3.81. The molecule has 0 atom stereocenters. The van der Waals surface area contributed by atoms with E-state index in [1.54, 1.807) is 11.6 Å². The van der Waals surface area contributed by atoms with E-state index in [4.69, 9.17) is 4.42 Å². The Balaban J connectivity index is 1.82. The number of furan rings is 1. The molecule has 8 heteroatoms. The summed E-state index contributed by atoms with van der Waals surface area (Å²) in [5.74, 6) is -9.94. The minimum atomic E-state index is -2.19. The van der Waals surface area contributed by atoms with E-state index in [1.807, 2.05) is 38.1 Å². The minimum Gasteiger partial charge on any atom is -0.437 e. The lowest BCUT2D eigenvalue weighted by Gasteiger charge is -2.10. The predicted octanol–water partition coefficient (Wildman–Crippen LogP) is 6.45. The number of hydrogen-bond donors (Lipinski definition) is 0. The zero-order valence-corrected chi connectivity index (χ0v) is 17.7. The molecular weight excluding hydrogens is 439 g/mol. The second kappa shape index (κ2) is 7.37. The van der Waals surface area contributed by atoms with Crippen LogP contribution in [0.1, 0.15) is 11.3 Å². The predicted molar refractivity (Wildman–Crippen MR) is 113 cm³/mol. The standard InChI is InChI=1S/C25H16F5N2O/c1-11-4-6-14-15-7-5-12(2)31-25(15)33-24(14)17(11)16-10-13(8-9-32(16)3)18-19(26)21(28)23(30)22(29)20(18)27/h4-10H,1-3H3/q+1. The van der Waals surface area contributed by atoms with Crippen LogP contribution in [0, 0.1) is 42.9 Å². The largest absolute Gasteiger partial charge is 0.437 e. The van der Waals surface area contributed by atoms with Gasteiger partial charge in [-0.15, -0.1) is 0 Å². The fourth-order valence-corrected chi connectivity index (χ4v) is 4.06. The van der Waals surface area contributed by atoms with E-state index in [0.717, 1.165) is 22.0 Å².